The Labute approximate surface area is 46.3 Å². The van der Waals surface area contributed by atoms with Crippen LogP contribution in [-0.2, 0) is 7.05 Å². The van der Waals surface area contributed by atoms with Crippen molar-refractivity contribution in [3.63, 3.8) is 0 Å². The van der Waals surface area contributed by atoms with Gasteiger partial charge in [0, 0.05) is 12.8 Å². The van der Waals surface area contributed by atoms with E-state index in [0.29, 0.717) is 0 Å². The minimum absolute atomic E-state index is 1.33. The monoisotopic (exact) mass is 117 g/mol. The van der Waals surface area contributed by atoms with Crippen molar-refractivity contribution < 1.29 is 4.68 Å². The van der Waals surface area contributed by atoms with E-state index in [1.54, 1.807) is 18.1 Å². The second kappa shape index (κ2) is 1.49. The van der Waals surface area contributed by atoms with Gasteiger partial charge in [0.25, 0.3) is 6.33 Å². The van der Waals surface area contributed by atoms with Crippen molar-refractivity contribution in [3.05, 3.63) is 6.33 Å². The van der Waals surface area contributed by atoms with Crippen LogP contribution in [0.2, 0.25) is 0 Å². The molecule has 0 N–H and O–H groups in total. The number of aromatic nitrogens is 4. The van der Waals surface area contributed by atoms with E-state index >= 15 is 0 Å². The number of hydrogen-bond acceptors (Lipinski definition) is 3. The maximum Gasteiger partial charge on any atom is 0.289 e. The van der Waals surface area contributed by atoms with Gasteiger partial charge in [-0.05, 0) is 4.20 Å². The number of tetrazole rings is 1. The van der Waals surface area contributed by atoms with Crippen molar-refractivity contribution >= 4 is 12.8 Å². The fraction of sp³-hybridized carbons (Fsp3) is 0.500. The van der Waals surface area contributed by atoms with Gasteiger partial charge in [-0.2, -0.15) is 4.68 Å². The van der Waals surface area contributed by atoms with Gasteiger partial charge in [0.05, 0.1) is 7.05 Å². The second-order valence-electron chi connectivity index (χ2n) is 1.16. The maximum absolute atomic E-state index is 3.85. The van der Waals surface area contributed by atoms with Crippen LogP contribution >= 0.6 is 12.8 Å². The number of aryl methyl sites for hydroxylation is 1. The molecule has 1 aromatic heterocycles. The quantitative estimate of drug-likeness (QED) is 0.342. The smallest absolute Gasteiger partial charge is 0.155 e. The Hall–Kier alpha value is -0.580. The summed E-state index contributed by atoms with van der Waals surface area (Å²) in [6.45, 7) is 0. The van der Waals surface area contributed by atoms with E-state index in [1.807, 2.05) is 0 Å². The van der Waals surface area contributed by atoms with Gasteiger partial charge in [-0.15, -0.1) is 0 Å². The van der Waals surface area contributed by atoms with Crippen molar-refractivity contribution in [3.8, 4) is 0 Å². The molecule has 0 bridgehead atoms. The number of nitrogens with zero attached hydrogens (tertiary/aromatic N) is 4. The van der Waals surface area contributed by atoms with Gasteiger partial charge >= 0.3 is 0 Å². The van der Waals surface area contributed by atoms with E-state index < -0.39 is 0 Å². The number of thiol groups is 1. The third kappa shape index (κ3) is 0.714. The summed E-state index contributed by atoms with van der Waals surface area (Å²) in [5, 5.41) is 7.03. The van der Waals surface area contributed by atoms with Gasteiger partial charge in [0.15, 0.2) is 5.21 Å². The van der Waals surface area contributed by atoms with Gasteiger partial charge in [0.2, 0.25) is 0 Å². The fourth-order valence-electron chi connectivity index (χ4n) is 0.253. The van der Waals surface area contributed by atoms with Crippen LogP contribution in [0.3, 0.4) is 0 Å². The normalized spacial score (nSPS) is 9.43. The molecule has 4 nitrogen and oxygen atoms in total. The highest BCUT2D eigenvalue weighted by atomic mass is 32.1. The van der Waals surface area contributed by atoms with E-state index in [-0.39, 0.29) is 0 Å². The summed E-state index contributed by atoms with van der Waals surface area (Å²) in [5.74, 6) is 0. The minimum Gasteiger partial charge on any atom is -0.155 e. The minimum atomic E-state index is 1.33. The molecular weight excluding hydrogens is 112 g/mol. The van der Waals surface area contributed by atoms with Crippen molar-refractivity contribution in [1.29, 1.82) is 0 Å². The molecule has 1 rings (SSSR count). The van der Waals surface area contributed by atoms with Gasteiger partial charge in [0.1, 0.15) is 5.10 Å². The topological polar surface area (TPSA) is 34.6 Å². The zero-order valence-electron chi connectivity index (χ0n) is 3.81. The van der Waals surface area contributed by atoms with Crippen molar-refractivity contribution in [1.82, 2.24) is 14.5 Å². The second-order valence-corrected chi connectivity index (χ2v) is 1.52. The van der Waals surface area contributed by atoms with Crippen molar-refractivity contribution in [2.24, 2.45) is 7.05 Å². The zero-order valence-corrected chi connectivity index (χ0v) is 4.71. The van der Waals surface area contributed by atoms with Crippen molar-refractivity contribution in [2.45, 2.75) is 0 Å². The summed E-state index contributed by atoms with van der Waals surface area (Å²) in [4.78, 5) is 0. The Morgan fingerprint density at radius 2 is 2.57 bits per heavy atom. The summed E-state index contributed by atoms with van der Waals surface area (Å²) in [6.07, 6.45) is 1.56. The van der Waals surface area contributed by atoms with E-state index in [2.05, 4.69) is 23.1 Å². The lowest BCUT2D eigenvalue weighted by molar-refractivity contribution is -0.740. The summed E-state index contributed by atoms with van der Waals surface area (Å²) < 4.78 is 2.98. The first-order valence-electron chi connectivity index (χ1n) is 1.76. The molecule has 38 valence electrons. The van der Waals surface area contributed by atoms with E-state index in [0.717, 1.165) is 0 Å². The molecule has 0 radical (unpaired) electrons. The SMILES string of the molecule is C[n+]1cnnn1S. The van der Waals surface area contributed by atoms with Crippen molar-refractivity contribution in [2.75, 3.05) is 0 Å². The molecule has 0 spiro atoms. The molecule has 0 aliphatic heterocycles. The molecule has 1 heterocycles. The first-order chi connectivity index (χ1) is 3.30. The molecule has 0 aliphatic rings. The van der Waals surface area contributed by atoms with E-state index in [9.17, 15) is 0 Å². The van der Waals surface area contributed by atoms with Crippen LogP contribution in [-0.4, -0.2) is 14.5 Å². The highest BCUT2D eigenvalue weighted by Crippen LogP contribution is 1.66. The third-order valence-electron chi connectivity index (χ3n) is 0.633. The molecule has 0 amide bonds. The standard InChI is InChI=1S/C2H5N4S/c1-5-2-3-4-6(5)7/h2H,1H3,(H,4,7)/q+1. The van der Waals surface area contributed by atoms with E-state index in [1.165, 1.54) is 4.20 Å². The summed E-state index contributed by atoms with van der Waals surface area (Å²) in [7, 11) is 1.80. The number of hydrogen-bond donors (Lipinski definition) is 1. The summed E-state index contributed by atoms with van der Waals surface area (Å²) in [5.41, 5.74) is 0. The Kier molecular flexibility index (Phi) is 0.976. The molecule has 7 heavy (non-hydrogen) atoms. The molecule has 0 saturated carbocycles. The lowest BCUT2D eigenvalue weighted by Crippen LogP contribution is -2.34. The molecule has 0 unspecified atom stereocenters. The molecule has 0 aliphatic carbocycles. The Bertz CT molecular complexity index is 142. The molecule has 1 aromatic rings. The molecule has 0 saturated heterocycles. The molecule has 0 aromatic carbocycles. The van der Waals surface area contributed by atoms with E-state index in [4.69, 9.17) is 0 Å². The average molecular weight is 117 g/mol. The Balaban J connectivity index is 3.12. The van der Waals surface area contributed by atoms with Gasteiger partial charge in [-0.3, -0.25) is 0 Å². The highest BCUT2D eigenvalue weighted by molar-refractivity contribution is 7.78. The highest BCUT2D eigenvalue weighted by Gasteiger charge is 1.95. The molecule has 0 atom stereocenters. The Morgan fingerprint density at radius 3 is 2.71 bits per heavy atom. The lowest BCUT2D eigenvalue weighted by Gasteiger charge is -1.77. The summed E-state index contributed by atoms with van der Waals surface area (Å²) >= 11 is 3.85. The van der Waals surface area contributed by atoms with Crippen LogP contribution < -0.4 is 4.68 Å². The summed E-state index contributed by atoms with van der Waals surface area (Å²) in [6, 6.07) is 0. The van der Waals surface area contributed by atoms with Crippen LogP contribution in [0, 0.1) is 0 Å². The van der Waals surface area contributed by atoms with Crippen LogP contribution in [0.4, 0.5) is 0 Å². The van der Waals surface area contributed by atoms with Crippen LogP contribution in [0.1, 0.15) is 0 Å². The first kappa shape index (κ1) is 4.58. The average Bonchev–Trinajstić information content (AvgIpc) is 1.91. The van der Waals surface area contributed by atoms with Gasteiger partial charge in [-0.1, -0.05) is 0 Å². The van der Waals surface area contributed by atoms with Gasteiger partial charge < -0.3 is 0 Å². The lowest BCUT2D eigenvalue weighted by atomic mass is 11.2. The Morgan fingerprint density at radius 1 is 1.86 bits per heavy atom. The van der Waals surface area contributed by atoms with Crippen LogP contribution in [0.25, 0.3) is 0 Å². The maximum atomic E-state index is 3.85. The molecule has 5 heteroatoms. The zero-order chi connectivity index (χ0) is 5.28. The predicted molar refractivity (Wildman–Crippen MR) is 25.6 cm³/mol. The number of rotatable bonds is 0. The van der Waals surface area contributed by atoms with Crippen LogP contribution in [0.15, 0.2) is 6.33 Å². The van der Waals surface area contributed by atoms with Gasteiger partial charge in [-0.25, -0.2) is 0 Å². The molecular formula is C2H5N4S+. The predicted octanol–water partition coefficient (Wildman–Crippen LogP) is -1.20. The third-order valence-corrected chi connectivity index (χ3v) is 0.995. The molecule has 0 fully saturated rings. The first-order valence-corrected chi connectivity index (χ1v) is 2.16. The fourth-order valence-corrected chi connectivity index (χ4v) is 0.346. The van der Waals surface area contributed by atoms with Crippen LogP contribution in [0.5, 0.6) is 0 Å². The largest absolute Gasteiger partial charge is 0.289 e.